The third-order valence-corrected chi connectivity index (χ3v) is 3.92. The molecule has 1 unspecified atom stereocenters. The molecule has 0 spiro atoms. The van der Waals surface area contributed by atoms with Crippen LogP contribution in [0.3, 0.4) is 0 Å². The predicted molar refractivity (Wildman–Crippen MR) is 76.4 cm³/mol. The maximum Gasteiger partial charge on any atom is 0.321 e. The lowest BCUT2D eigenvalue weighted by Gasteiger charge is -2.12. The molecule has 1 aromatic heterocycles. The SMILES string of the molecule is Cc1ccc(C#N)c(SC(C(=O)O)c2ccccc2)n1. The lowest BCUT2D eigenvalue weighted by Crippen LogP contribution is -2.08. The highest BCUT2D eigenvalue weighted by atomic mass is 32.2. The summed E-state index contributed by atoms with van der Waals surface area (Å²) < 4.78 is 0. The summed E-state index contributed by atoms with van der Waals surface area (Å²) in [4.78, 5) is 15.7. The van der Waals surface area contributed by atoms with Crippen LogP contribution in [0.2, 0.25) is 0 Å². The van der Waals surface area contributed by atoms with Crippen molar-refractivity contribution >= 4 is 17.7 Å². The second-order valence-electron chi connectivity index (χ2n) is 4.16. The average molecular weight is 284 g/mol. The fourth-order valence-corrected chi connectivity index (χ4v) is 2.76. The molecule has 0 amide bonds. The molecular formula is C15H12N2O2S. The summed E-state index contributed by atoms with van der Waals surface area (Å²) in [7, 11) is 0. The van der Waals surface area contributed by atoms with Gasteiger partial charge in [0.1, 0.15) is 16.3 Å². The number of pyridine rings is 1. The smallest absolute Gasteiger partial charge is 0.321 e. The molecule has 0 aliphatic heterocycles. The van der Waals surface area contributed by atoms with Crippen LogP contribution in [0.15, 0.2) is 47.5 Å². The molecule has 20 heavy (non-hydrogen) atoms. The van der Waals surface area contributed by atoms with Gasteiger partial charge >= 0.3 is 5.97 Å². The Labute approximate surface area is 121 Å². The van der Waals surface area contributed by atoms with Gasteiger partial charge in [0, 0.05) is 5.69 Å². The summed E-state index contributed by atoms with van der Waals surface area (Å²) in [6.45, 7) is 1.81. The van der Waals surface area contributed by atoms with Crippen molar-refractivity contribution in [3.8, 4) is 6.07 Å². The first-order valence-corrected chi connectivity index (χ1v) is 6.82. The first kappa shape index (κ1) is 14.1. The molecule has 0 fully saturated rings. The summed E-state index contributed by atoms with van der Waals surface area (Å²) in [5.41, 5.74) is 1.82. The van der Waals surface area contributed by atoms with Crippen molar-refractivity contribution in [1.82, 2.24) is 4.98 Å². The minimum Gasteiger partial charge on any atom is -0.480 e. The number of aliphatic carboxylic acids is 1. The lowest BCUT2D eigenvalue weighted by atomic mass is 10.1. The highest BCUT2D eigenvalue weighted by Crippen LogP contribution is 2.36. The summed E-state index contributed by atoms with van der Waals surface area (Å²) in [5, 5.41) is 18.1. The van der Waals surface area contributed by atoms with Crippen LogP contribution in [0, 0.1) is 18.3 Å². The molecule has 1 heterocycles. The van der Waals surface area contributed by atoms with Gasteiger partial charge in [-0.15, -0.1) is 0 Å². The van der Waals surface area contributed by atoms with Crippen LogP contribution in [-0.2, 0) is 4.79 Å². The zero-order valence-electron chi connectivity index (χ0n) is 10.8. The Balaban J connectivity index is 2.37. The quantitative estimate of drug-likeness (QED) is 0.873. The van der Waals surface area contributed by atoms with E-state index in [0.717, 1.165) is 17.5 Å². The van der Waals surface area contributed by atoms with Crippen molar-refractivity contribution in [2.45, 2.75) is 17.2 Å². The zero-order valence-corrected chi connectivity index (χ0v) is 11.6. The molecule has 4 nitrogen and oxygen atoms in total. The van der Waals surface area contributed by atoms with Gasteiger partial charge in [-0.25, -0.2) is 4.98 Å². The highest BCUT2D eigenvalue weighted by molar-refractivity contribution is 8.00. The van der Waals surface area contributed by atoms with Crippen molar-refractivity contribution in [3.05, 3.63) is 59.3 Å². The summed E-state index contributed by atoms with van der Waals surface area (Å²) in [6, 6.07) is 14.4. The molecule has 1 N–H and O–H groups in total. The number of carboxylic acids is 1. The van der Waals surface area contributed by atoms with E-state index in [9.17, 15) is 9.90 Å². The van der Waals surface area contributed by atoms with Gasteiger partial charge in [0.25, 0.3) is 0 Å². The van der Waals surface area contributed by atoms with E-state index in [2.05, 4.69) is 4.98 Å². The number of aryl methyl sites for hydroxylation is 1. The van der Waals surface area contributed by atoms with Gasteiger partial charge < -0.3 is 5.11 Å². The van der Waals surface area contributed by atoms with E-state index in [0.29, 0.717) is 16.2 Å². The largest absolute Gasteiger partial charge is 0.480 e. The van der Waals surface area contributed by atoms with Crippen LogP contribution in [0.4, 0.5) is 0 Å². The number of carboxylic acid groups (broad SMARTS) is 1. The number of thioether (sulfide) groups is 1. The minimum absolute atomic E-state index is 0.391. The Morgan fingerprint density at radius 1 is 1.30 bits per heavy atom. The Bertz CT molecular complexity index is 665. The molecule has 0 aliphatic rings. The van der Waals surface area contributed by atoms with E-state index in [4.69, 9.17) is 5.26 Å². The molecule has 0 aliphatic carbocycles. The summed E-state index contributed by atoms with van der Waals surface area (Å²) in [6.07, 6.45) is 0. The topological polar surface area (TPSA) is 74.0 Å². The molecule has 0 saturated carbocycles. The van der Waals surface area contributed by atoms with Gasteiger partial charge in [-0.2, -0.15) is 5.26 Å². The standard InChI is InChI=1S/C15H12N2O2S/c1-10-7-8-12(9-16)14(17-10)20-13(15(18)19)11-5-3-2-4-6-11/h2-8,13H,1H3,(H,18,19). The molecule has 2 aromatic rings. The molecular weight excluding hydrogens is 272 g/mol. The molecule has 0 saturated heterocycles. The second kappa shape index (κ2) is 6.22. The van der Waals surface area contributed by atoms with Gasteiger partial charge in [-0.3, -0.25) is 4.79 Å². The molecule has 1 atom stereocenters. The van der Waals surface area contributed by atoms with E-state index in [-0.39, 0.29) is 0 Å². The molecule has 100 valence electrons. The second-order valence-corrected chi connectivity index (χ2v) is 5.26. The summed E-state index contributed by atoms with van der Waals surface area (Å²) >= 11 is 1.08. The number of nitriles is 1. The first-order valence-electron chi connectivity index (χ1n) is 5.94. The number of hydrogen-bond acceptors (Lipinski definition) is 4. The van der Waals surface area contributed by atoms with Gasteiger partial charge in [-0.05, 0) is 24.6 Å². The van der Waals surface area contributed by atoms with Crippen LogP contribution >= 0.6 is 11.8 Å². The summed E-state index contributed by atoms with van der Waals surface area (Å²) in [5.74, 6) is -0.951. The van der Waals surface area contributed by atoms with Gasteiger partial charge in [0.2, 0.25) is 0 Å². The maximum absolute atomic E-state index is 11.5. The minimum atomic E-state index is -0.951. The lowest BCUT2D eigenvalue weighted by molar-refractivity contribution is -0.136. The fraction of sp³-hybridized carbons (Fsp3) is 0.133. The van der Waals surface area contributed by atoms with E-state index < -0.39 is 11.2 Å². The Morgan fingerprint density at radius 2 is 2.00 bits per heavy atom. The zero-order chi connectivity index (χ0) is 14.5. The van der Waals surface area contributed by atoms with Crippen LogP contribution in [0.25, 0.3) is 0 Å². The number of aromatic nitrogens is 1. The Morgan fingerprint density at radius 3 is 2.60 bits per heavy atom. The van der Waals surface area contributed by atoms with E-state index >= 15 is 0 Å². The number of hydrogen-bond donors (Lipinski definition) is 1. The van der Waals surface area contributed by atoms with E-state index in [1.54, 1.807) is 36.4 Å². The third kappa shape index (κ3) is 3.16. The predicted octanol–water partition coefficient (Wildman–Crippen LogP) is 3.18. The van der Waals surface area contributed by atoms with Crippen molar-refractivity contribution in [1.29, 1.82) is 5.26 Å². The van der Waals surface area contributed by atoms with Crippen LogP contribution in [-0.4, -0.2) is 16.1 Å². The van der Waals surface area contributed by atoms with Crippen molar-refractivity contribution in [3.63, 3.8) is 0 Å². The third-order valence-electron chi connectivity index (χ3n) is 2.68. The molecule has 0 bridgehead atoms. The van der Waals surface area contributed by atoms with E-state index in [1.807, 2.05) is 19.1 Å². The van der Waals surface area contributed by atoms with Crippen molar-refractivity contribution in [2.24, 2.45) is 0 Å². The number of nitrogens with zero attached hydrogens (tertiary/aromatic N) is 2. The average Bonchev–Trinajstić information content (AvgIpc) is 2.45. The van der Waals surface area contributed by atoms with Gasteiger partial charge in [-0.1, -0.05) is 42.1 Å². The molecule has 5 heteroatoms. The Hall–Kier alpha value is -2.32. The van der Waals surface area contributed by atoms with Crippen LogP contribution in [0.5, 0.6) is 0 Å². The maximum atomic E-state index is 11.5. The molecule has 1 aromatic carbocycles. The van der Waals surface area contributed by atoms with Crippen molar-refractivity contribution in [2.75, 3.05) is 0 Å². The molecule has 2 rings (SSSR count). The van der Waals surface area contributed by atoms with Gasteiger partial charge in [0.05, 0.1) is 5.56 Å². The number of benzene rings is 1. The van der Waals surface area contributed by atoms with Gasteiger partial charge in [0.15, 0.2) is 0 Å². The van der Waals surface area contributed by atoms with Crippen LogP contribution in [0.1, 0.15) is 22.1 Å². The molecule has 0 radical (unpaired) electrons. The monoisotopic (exact) mass is 284 g/mol. The Kier molecular flexibility index (Phi) is 4.38. The first-order chi connectivity index (χ1) is 9.61. The van der Waals surface area contributed by atoms with Crippen molar-refractivity contribution < 1.29 is 9.90 Å². The van der Waals surface area contributed by atoms with Crippen LogP contribution < -0.4 is 0 Å². The number of carbonyl (C=O) groups is 1. The number of rotatable bonds is 4. The fourth-order valence-electron chi connectivity index (χ4n) is 1.71. The normalized spacial score (nSPS) is 11.6. The van der Waals surface area contributed by atoms with E-state index in [1.165, 1.54) is 0 Å². The highest BCUT2D eigenvalue weighted by Gasteiger charge is 2.23.